The topological polar surface area (TPSA) is 79.7 Å². The predicted octanol–water partition coefficient (Wildman–Crippen LogP) is 2.31. The zero-order chi connectivity index (χ0) is 14.8. The van der Waals surface area contributed by atoms with Crippen molar-refractivity contribution in [3.05, 3.63) is 30.2 Å². The van der Waals surface area contributed by atoms with E-state index in [0.717, 1.165) is 19.3 Å². The van der Waals surface area contributed by atoms with Crippen molar-refractivity contribution in [2.75, 3.05) is 6.54 Å². The lowest BCUT2D eigenvalue weighted by Gasteiger charge is -2.36. The average Bonchev–Trinajstić information content (AvgIpc) is 3.17. The highest BCUT2D eigenvalue weighted by Gasteiger charge is 2.32. The summed E-state index contributed by atoms with van der Waals surface area (Å²) in [5, 5.41) is 13.7. The van der Waals surface area contributed by atoms with Crippen LogP contribution in [0, 0.1) is 0 Å². The SMILES string of the molecule is CC(O)C1CCCCN1C(=O)c1cc(-c2ccco2)on1. The van der Waals surface area contributed by atoms with Crippen molar-refractivity contribution < 1.29 is 18.8 Å². The molecule has 0 aliphatic carbocycles. The Balaban J connectivity index is 1.81. The summed E-state index contributed by atoms with van der Waals surface area (Å²) in [4.78, 5) is 14.3. The molecule has 2 aromatic heterocycles. The van der Waals surface area contributed by atoms with E-state index in [4.69, 9.17) is 8.94 Å². The van der Waals surface area contributed by atoms with Gasteiger partial charge in [0.15, 0.2) is 11.5 Å². The first-order chi connectivity index (χ1) is 10.2. The Labute approximate surface area is 122 Å². The molecule has 1 aliphatic rings. The van der Waals surface area contributed by atoms with Crippen LogP contribution in [0.25, 0.3) is 11.5 Å². The number of aliphatic hydroxyl groups is 1. The van der Waals surface area contributed by atoms with E-state index in [1.54, 1.807) is 30.0 Å². The number of amides is 1. The summed E-state index contributed by atoms with van der Waals surface area (Å²) in [6.45, 7) is 2.35. The molecule has 1 fully saturated rings. The van der Waals surface area contributed by atoms with Crippen molar-refractivity contribution in [2.24, 2.45) is 0 Å². The van der Waals surface area contributed by atoms with E-state index in [1.165, 1.54) is 6.26 Å². The molecule has 1 amide bonds. The van der Waals surface area contributed by atoms with Crippen molar-refractivity contribution in [1.82, 2.24) is 10.1 Å². The van der Waals surface area contributed by atoms with Crippen LogP contribution in [0.1, 0.15) is 36.7 Å². The normalized spacial score (nSPS) is 20.5. The fourth-order valence-electron chi connectivity index (χ4n) is 2.77. The fraction of sp³-hybridized carbons (Fsp3) is 0.467. The number of furan rings is 1. The van der Waals surface area contributed by atoms with Crippen LogP contribution in [0.3, 0.4) is 0 Å². The van der Waals surface area contributed by atoms with Crippen molar-refractivity contribution in [3.8, 4) is 11.5 Å². The lowest BCUT2D eigenvalue weighted by Crippen LogP contribution is -2.49. The highest BCUT2D eigenvalue weighted by molar-refractivity contribution is 5.93. The first kappa shape index (κ1) is 13.9. The highest BCUT2D eigenvalue weighted by atomic mass is 16.5. The smallest absolute Gasteiger partial charge is 0.276 e. The Morgan fingerprint density at radius 3 is 3.05 bits per heavy atom. The van der Waals surface area contributed by atoms with Crippen molar-refractivity contribution in [2.45, 2.75) is 38.3 Å². The zero-order valence-corrected chi connectivity index (χ0v) is 11.9. The summed E-state index contributed by atoms with van der Waals surface area (Å²) in [6.07, 6.45) is 3.76. The van der Waals surface area contributed by atoms with E-state index >= 15 is 0 Å². The van der Waals surface area contributed by atoms with E-state index in [0.29, 0.717) is 18.1 Å². The van der Waals surface area contributed by atoms with Crippen molar-refractivity contribution in [3.63, 3.8) is 0 Å². The van der Waals surface area contributed by atoms with Gasteiger partial charge >= 0.3 is 0 Å². The van der Waals surface area contributed by atoms with Crippen LogP contribution in [0.5, 0.6) is 0 Å². The molecule has 2 atom stereocenters. The second-order valence-corrected chi connectivity index (χ2v) is 5.36. The Hall–Kier alpha value is -2.08. The zero-order valence-electron chi connectivity index (χ0n) is 11.9. The van der Waals surface area contributed by atoms with Gasteiger partial charge in [0.2, 0.25) is 5.76 Å². The highest BCUT2D eigenvalue weighted by Crippen LogP contribution is 2.25. The van der Waals surface area contributed by atoms with Crippen LogP contribution in [-0.4, -0.2) is 39.8 Å². The van der Waals surface area contributed by atoms with Gasteiger partial charge in [0.1, 0.15) is 0 Å². The first-order valence-corrected chi connectivity index (χ1v) is 7.16. The molecule has 3 heterocycles. The Morgan fingerprint density at radius 2 is 2.33 bits per heavy atom. The van der Waals surface area contributed by atoms with Crippen LogP contribution in [0.4, 0.5) is 0 Å². The number of hydrogen-bond donors (Lipinski definition) is 1. The van der Waals surface area contributed by atoms with Gasteiger partial charge in [0.25, 0.3) is 5.91 Å². The lowest BCUT2D eigenvalue weighted by atomic mass is 9.97. The average molecular weight is 290 g/mol. The number of hydrogen-bond acceptors (Lipinski definition) is 5. The van der Waals surface area contributed by atoms with Gasteiger partial charge < -0.3 is 18.9 Å². The van der Waals surface area contributed by atoms with Crippen LogP contribution < -0.4 is 0 Å². The fourth-order valence-corrected chi connectivity index (χ4v) is 2.77. The molecule has 6 heteroatoms. The number of carbonyl (C=O) groups is 1. The molecule has 0 bridgehead atoms. The van der Waals surface area contributed by atoms with Crippen LogP contribution in [-0.2, 0) is 0 Å². The summed E-state index contributed by atoms with van der Waals surface area (Å²) in [6, 6.07) is 4.91. The number of aromatic nitrogens is 1. The van der Waals surface area contributed by atoms with Gasteiger partial charge in [0, 0.05) is 12.6 Å². The molecule has 6 nitrogen and oxygen atoms in total. The van der Waals surface area contributed by atoms with E-state index < -0.39 is 6.10 Å². The van der Waals surface area contributed by atoms with Gasteiger partial charge in [-0.2, -0.15) is 0 Å². The molecule has 21 heavy (non-hydrogen) atoms. The second-order valence-electron chi connectivity index (χ2n) is 5.36. The number of aliphatic hydroxyl groups excluding tert-OH is 1. The molecule has 1 N–H and O–H groups in total. The van der Waals surface area contributed by atoms with Gasteiger partial charge in [-0.15, -0.1) is 0 Å². The number of piperidine rings is 1. The van der Waals surface area contributed by atoms with E-state index in [1.807, 2.05) is 0 Å². The van der Waals surface area contributed by atoms with Gasteiger partial charge in [-0.05, 0) is 38.3 Å². The summed E-state index contributed by atoms with van der Waals surface area (Å²) in [5.41, 5.74) is 0.244. The van der Waals surface area contributed by atoms with Crippen LogP contribution in [0.2, 0.25) is 0 Å². The Bertz CT molecular complexity index is 603. The number of rotatable bonds is 3. The van der Waals surface area contributed by atoms with E-state index in [9.17, 15) is 9.90 Å². The minimum absolute atomic E-state index is 0.157. The summed E-state index contributed by atoms with van der Waals surface area (Å²) >= 11 is 0. The maximum Gasteiger partial charge on any atom is 0.276 e. The molecular formula is C15H18N2O4. The molecule has 112 valence electrons. The molecule has 2 unspecified atom stereocenters. The standard InChI is InChI=1S/C15H18N2O4/c1-10(18)12-5-2-3-7-17(12)15(19)11-9-14(21-16-11)13-6-4-8-20-13/h4,6,8-10,12,18H,2-3,5,7H2,1H3. The third-order valence-electron chi connectivity index (χ3n) is 3.86. The van der Waals surface area contributed by atoms with Gasteiger partial charge in [0.05, 0.1) is 18.4 Å². The minimum atomic E-state index is -0.550. The Kier molecular flexibility index (Phi) is 3.79. The second kappa shape index (κ2) is 5.73. The van der Waals surface area contributed by atoms with Crippen LogP contribution in [0.15, 0.2) is 33.4 Å². The third kappa shape index (κ3) is 2.71. The molecule has 3 rings (SSSR count). The molecule has 0 spiro atoms. The Morgan fingerprint density at radius 1 is 1.48 bits per heavy atom. The van der Waals surface area contributed by atoms with Gasteiger partial charge in [-0.1, -0.05) is 5.16 Å². The monoisotopic (exact) mass is 290 g/mol. The molecule has 1 aliphatic heterocycles. The largest absolute Gasteiger partial charge is 0.461 e. The van der Waals surface area contributed by atoms with Gasteiger partial charge in [-0.3, -0.25) is 4.79 Å². The predicted molar refractivity (Wildman–Crippen MR) is 74.6 cm³/mol. The molecule has 0 saturated carbocycles. The molecule has 0 radical (unpaired) electrons. The number of carbonyl (C=O) groups excluding carboxylic acids is 1. The summed E-state index contributed by atoms with van der Waals surface area (Å²) in [7, 11) is 0. The summed E-state index contributed by atoms with van der Waals surface area (Å²) < 4.78 is 10.4. The van der Waals surface area contributed by atoms with Crippen LogP contribution >= 0.6 is 0 Å². The minimum Gasteiger partial charge on any atom is -0.461 e. The molecule has 1 saturated heterocycles. The lowest BCUT2D eigenvalue weighted by molar-refractivity contribution is 0.0273. The maximum absolute atomic E-state index is 12.6. The van der Waals surface area contributed by atoms with Crippen molar-refractivity contribution >= 4 is 5.91 Å². The molecule has 2 aromatic rings. The quantitative estimate of drug-likeness (QED) is 0.938. The first-order valence-electron chi connectivity index (χ1n) is 7.16. The van der Waals surface area contributed by atoms with Gasteiger partial charge in [-0.25, -0.2) is 0 Å². The molecule has 0 aromatic carbocycles. The van der Waals surface area contributed by atoms with Crippen molar-refractivity contribution in [1.29, 1.82) is 0 Å². The number of nitrogens with zero attached hydrogens (tertiary/aromatic N) is 2. The molecular weight excluding hydrogens is 272 g/mol. The van der Waals surface area contributed by atoms with E-state index in [2.05, 4.69) is 5.16 Å². The van der Waals surface area contributed by atoms with E-state index in [-0.39, 0.29) is 17.6 Å². The number of likely N-dealkylation sites (tertiary alicyclic amines) is 1. The maximum atomic E-state index is 12.6. The third-order valence-corrected chi connectivity index (χ3v) is 3.86. The summed E-state index contributed by atoms with van der Waals surface area (Å²) in [5.74, 6) is 0.753.